The number of ether oxygens (including phenoxy) is 5. The van der Waals surface area contributed by atoms with Gasteiger partial charge in [-0.25, -0.2) is 4.79 Å². The first kappa shape index (κ1) is 28.7. The van der Waals surface area contributed by atoms with E-state index in [4.69, 9.17) is 23.7 Å². The molecule has 0 radical (unpaired) electrons. The first-order valence-electron chi connectivity index (χ1n) is 13.7. The van der Waals surface area contributed by atoms with Crippen LogP contribution in [0.2, 0.25) is 0 Å². The maximum Gasteiger partial charge on any atom is 0.338 e. The van der Waals surface area contributed by atoms with E-state index in [0.717, 1.165) is 22.3 Å². The molecule has 0 spiro atoms. The van der Waals surface area contributed by atoms with Crippen LogP contribution < -0.4 is 0 Å². The number of esters is 1. The van der Waals surface area contributed by atoms with E-state index in [1.54, 1.807) is 0 Å². The molecule has 1 aliphatic heterocycles. The number of aliphatic hydroxyl groups is 1. The molecule has 0 saturated carbocycles. The van der Waals surface area contributed by atoms with Crippen LogP contribution in [0.4, 0.5) is 0 Å². The van der Waals surface area contributed by atoms with Gasteiger partial charge in [-0.15, -0.1) is 0 Å². The van der Waals surface area contributed by atoms with E-state index < -0.39 is 36.7 Å². The monoisotopic (exact) mass is 554 g/mol. The smallest absolute Gasteiger partial charge is 0.338 e. The number of benzene rings is 4. The average molecular weight is 555 g/mol. The molecule has 7 heteroatoms. The van der Waals surface area contributed by atoms with Crippen molar-refractivity contribution in [3.63, 3.8) is 0 Å². The van der Waals surface area contributed by atoms with Gasteiger partial charge < -0.3 is 28.8 Å². The van der Waals surface area contributed by atoms with Crippen LogP contribution in [0, 0.1) is 0 Å². The Labute approximate surface area is 240 Å². The predicted octanol–water partition coefficient (Wildman–Crippen LogP) is 5.20. The number of carbonyl (C=O) groups is 1. The highest BCUT2D eigenvalue weighted by molar-refractivity contribution is 5.76. The van der Waals surface area contributed by atoms with Crippen LogP contribution in [0.1, 0.15) is 22.3 Å². The second kappa shape index (κ2) is 14.7. The van der Waals surface area contributed by atoms with E-state index in [9.17, 15) is 9.90 Å². The lowest BCUT2D eigenvalue weighted by Crippen LogP contribution is -2.62. The minimum atomic E-state index is -1.45. The van der Waals surface area contributed by atoms with Gasteiger partial charge in [0, 0.05) is 0 Å². The van der Waals surface area contributed by atoms with Crippen LogP contribution in [-0.4, -0.2) is 41.8 Å². The molecule has 1 aliphatic rings. The molecule has 5 atom stereocenters. The molecule has 7 nitrogen and oxygen atoms in total. The second-order valence-corrected chi connectivity index (χ2v) is 9.82. The van der Waals surface area contributed by atoms with Crippen molar-refractivity contribution in [3.8, 4) is 0 Å². The van der Waals surface area contributed by atoms with Crippen LogP contribution in [0.15, 0.2) is 121 Å². The highest BCUT2D eigenvalue weighted by Crippen LogP contribution is 2.30. The SMILES string of the molecule is O=C(OCc1ccccc1)[C@H]1O[C@@H](O)[C@H](OCc2ccccc2)[C@@H](OCc2ccccc2)[C@H]1OCc1ccccc1. The fraction of sp³-hybridized carbons (Fsp3) is 0.265. The van der Waals surface area contributed by atoms with Crippen molar-refractivity contribution in [3.05, 3.63) is 144 Å². The van der Waals surface area contributed by atoms with E-state index in [-0.39, 0.29) is 26.4 Å². The molecule has 5 rings (SSSR count). The van der Waals surface area contributed by atoms with Gasteiger partial charge in [-0.1, -0.05) is 121 Å². The van der Waals surface area contributed by atoms with Crippen LogP contribution in [0.3, 0.4) is 0 Å². The number of aliphatic hydroxyl groups excluding tert-OH is 1. The molecule has 4 aromatic rings. The third kappa shape index (κ3) is 8.10. The zero-order valence-corrected chi connectivity index (χ0v) is 22.7. The molecular formula is C34H34O7. The average Bonchev–Trinajstić information content (AvgIpc) is 3.03. The van der Waals surface area contributed by atoms with Crippen LogP contribution >= 0.6 is 0 Å². The van der Waals surface area contributed by atoms with Crippen molar-refractivity contribution in [2.45, 2.75) is 57.1 Å². The Morgan fingerprint density at radius 3 is 1.34 bits per heavy atom. The summed E-state index contributed by atoms with van der Waals surface area (Å²) in [5.41, 5.74) is 3.60. The highest BCUT2D eigenvalue weighted by atomic mass is 16.7. The lowest BCUT2D eigenvalue weighted by molar-refractivity contribution is -0.309. The zero-order chi connectivity index (χ0) is 28.3. The summed E-state index contributed by atoms with van der Waals surface area (Å²) in [5.74, 6) is -0.652. The van der Waals surface area contributed by atoms with Crippen molar-refractivity contribution < 1.29 is 33.6 Å². The van der Waals surface area contributed by atoms with Gasteiger partial charge in [0.15, 0.2) is 12.4 Å². The van der Waals surface area contributed by atoms with Gasteiger partial charge in [0.2, 0.25) is 0 Å². The molecular weight excluding hydrogens is 520 g/mol. The topological polar surface area (TPSA) is 83.5 Å². The Balaban J connectivity index is 1.40. The summed E-state index contributed by atoms with van der Waals surface area (Å²) < 4.78 is 30.4. The summed E-state index contributed by atoms with van der Waals surface area (Å²) in [6, 6.07) is 38.3. The molecule has 212 valence electrons. The first-order valence-corrected chi connectivity index (χ1v) is 13.7. The third-order valence-corrected chi connectivity index (χ3v) is 6.83. The van der Waals surface area contributed by atoms with Gasteiger partial charge in [0.25, 0.3) is 0 Å². The lowest BCUT2D eigenvalue weighted by atomic mass is 9.97. The molecule has 0 aromatic heterocycles. The maximum absolute atomic E-state index is 13.4. The van der Waals surface area contributed by atoms with E-state index in [1.807, 2.05) is 121 Å². The Morgan fingerprint density at radius 2 is 0.902 bits per heavy atom. The van der Waals surface area contributed by atoms with Crippen LogP contribution in [-0.2, 0) is 54.9 Å². The summed E-state index contributed by atoms with van der Waals surface area (Å²) in [5, 5.41) is 11.1. The maximum atomic E-state index is 13.4. The second-order valence-electron chi connectivity index (χ2n) is 9.82. The Kier molecular flexibility index (Phi) is 10.3. The summed E-state index contributed by atoms with van der Waals surface area (Å²) in [4.78, 5) is 13.4. The Morgan fingerprint density at radius 1 is 0.537 bits per heavy atom. The van der Waals surface area contributed by atoms with Gasteiger partial charge in [-0.2, -0.15) is 0 Å². The van der Waals surface area contributed by atoms with Gasteiger partial charge >= 0.3 is 5.97 Å². The molecule has 1 fully saturated rings. The highest BCUT2D eigenvalue weighted by Gasteiger charge is 2.51. The van der Waals surface area contributed by atoms with E-state index in [2.05, 4.69) is 0 Å². The molecule has 0 unspecified atom stereocenters. The summed E-state index contributed by atoms with van der Waals surface area (Å²) in [6.45, 7) is 0.695. The molecule has 0 aliphatic carbocycles. The van der Waals surface area contributed by atoms with Gasteiger partial charge in [-0.05, 0) is 22.3 Å². The molecule has 1 heterocycles. The molecule has 1 N–H and O–H groups in total. The van der Waals surface area contributed by atoms with Gasteiger partial charge in [0.05, 0.1) is 19.8 Å². The van der Waals surface area contributed by atoms with E-state index in [1.165, 1.54) is 0 Å². The molecule has 1 saturated heterocycles. The van der Waals surface area contributed by atoms with Crippen LogP contribution in [0.5, 0.6) is 0 Å². The summed E-state index contributed by atoms with van der Waals surface area (Å²) in [6.07, 6.45) is -5.40. The van der Waals surface area contributed by atoms with Crippen molar-refractivity contribution in [1.82, 2.24) is 0 Å². The largest absolute Gasteiger partial charge is 0.459 e. The molecule has 4 aromatic carbocycles. The number of hydrogen-bond donors (Lipinski definition) is 1. The molecule has 0 amide bonds. The Bertz CT molecular complexity index is 1320. The van der Waals surface area contributed by atoms with Crippen molar-refractivity contribution in [2.24, 2.45) is 0 Å². The number of carbonyl (C=O) groups excluding carboxylic acids is 1. The lowest BCUT2D eigenvalue weighted by Gasteiger charge is -2.43. The predicted molar refractivity (Wildman–Crippen MR) is 152 cm³/mol. The normalized spacial score (nSPS) is 22.2. The summed E-state index contributed by atoms with van der Waals surface area (Å²) >= 11 is 0. The van der Waals surface area contributed by atoms with E-state index >= 15 is 0 Å². The van der Waals surface area contributed by atoms with Crippen LogP contribution in [0.25, 0.3) is 0 Å². The minimum Gasteiger partial charge on any atom is -0.459 e. The molecule has 41 heavy (non-hydrogen) atoms. The van der Waals surface area contributed by atoms with Gasteiger partial charge in [0.1, 0.15) is 24.9 Å². The van der Waals surface area contributed by atoms with Crippen molar-refractivity contribution >= 4 is 5.97 Å². The standard InChI is InChI=1S/C34H34O7/c35-33(40-24-28-19-11-4-12-20-28)32-30(38-22-26-15-7-2-8-16-26)29(37-21-25-13-5-1-6-14-25)31(34(36)41-32)39-23-27-17-9-3-10-18-27/h1-20,29-32,34,36H,21-24H2/t29-,30+,31+,32-,34+/m0/s1. The first-order chi connectivity index (χ1) is 20.2. The Hall–Kier alpha value is -3.85. The van der Waals surface area contributed by atoms with E-state index in [0.29, 0.717) is 0 Å². The number of rotatable bonds is 12. The zero-order valence-electron chi connectivity index (χ0n) is 22.7. The van der Waals surface area contributed by atoms with Crippen molar-refractivity contribution in [2.75, 3.05) is 0 Å². The molecule has 0 bridgehead atoms. The number of hydrogen-bond acceptors (Lipinski definition) is 7. The summed E-state index contributed by atoms with van der Waals surface area (Å²) in [7, 11) is 0. The fourth-order valence-corrected chi connectivity index (χ4v) is 4.68. The minimum absolute atomic E-state index is 0.0600. The quantitative estimate of drug-likeness (QED) is 0.241. The van der Waals surface area contributed by atoms with Crippen molar-refractivity contribution in [1.29, 1.82) is 0 Å². The van der Waals surface area contributed by atoms with Gasteiger partial charge in [-0.3, -0.25) is 0 Å². The third-order valence-electron chi connectivity index (χ3n) is 6.83. The fourth-order valence-electron chi connectivity index (χ4n) is 4.68.